The number of nitrogens with one attached hydrogen (secondary N) is 4. The quantitative estimate of drug-likeness (QED) is 0.0302. The zero-order valence-corrected chi connectivity index (χ0v) is 83.5. The van der Waals surface area contributed by atoms with Crippen molar-refractivity contribution in [1.29, 1.82) is 0 Å². The minimum Gasteiger partial charge on any atom is -0.352 e. The highest BCUT2D eigenvalue weighted by Gasteiger charge is 2.20. The first-order valence-corrected chi connectivity index (χ1v) is 49.1. The standard InChI is InChI=1S/C42H52N2O2.C40H48N2O2.C38H36N2S2/c1-27-15-13-17-37(30(27)4)39-22-21-36(33(7)34(39)8)26-44-42(46)20-12-10-9-11-19-41(45)43-25-35-23-29(3)32(6)40(24-35)38-18-14-16-28(2)31(38)5;1-27-13-11-15-36(31(27)5)35-22-21-33(23-30(35)4)25-41-39(43)17-9-7-8-10-18-40(44)42-26-34-20-19-29(3)38(24-34)37-16-12-14-28(2)32(37)6;1-23-9-7-11-34(27(23)5)33-18-15-29(19-26(33)4)37-39-31(21-41-37)16-17-32-22-42-38(40-32)30-14-13-25(3)36(20-30)35-12-8-10-24(2)28(35)6/h13-18,21-24H,9-12,19-20,25-26H2,1-8H3,(H,43,45)(H,44,46);11-16,19-24H,7-10,17-18,25-26H2,1-6H3,(H,41,43)(H,42,44);7-15,18-22H,16-17H2,1-6H3. The maximum atomic E-state index is 12.6. The van der Waals surface area contributed by atoms with E-state index in [-0.39, 0.29) is 23.6 Å². The smallest absolute Gasteiger partial charge is 0.220 e. The lowest BCUT2D eigenvalue weighted by molar-refractivity contribution is -0.122. The molecular formula is C120H136N6O4S2. The first kappa shape index (κ1) is 98.8. The van der Waals surface area contributed by atoms with Gasteiger partial charge >= 0.3 is 0 Å². The number of nitrogens with zero attached hydrogens (tertiary/aromatic N) is 2. The number of benzene rings is 12. The molecule has 14 rings (SSSR count). The molecule has 682 valence electrons. The summed E-state index contributed by atoms with van der Waals surface area (Å²) in [6, 6.07) is 73.9. The summed E-state index contributed by atoms with van der Waals surface area (Å²) in [5.74, 6) is 0.327. The van der Waals surface area contributed by atoms with Crippen molar-refractivity contribution in [2.45, 2.75) is 255 Å². The van der Waals surface area contributed by atoms with Gasteiger partial charge in [-0.2, -0.15) is 0 Å². The average molecular weight is 1790 g/mol. The van der Waals surface area contributed by atoms with Crippen LogP contribution in [0.5, 0.6) is 0 Å². The first-order chi connectivity index (χ1) is 63.4. The summed E-state index contributed by atoms with van der Waals surface area (Å²) in [7, 11) is 0. The van der Waals surface area contributed by atoms with Crippen molar-refractivity contribution in [3.8, 4) is 87.9 Å². The minimum atomic E-state index is 0.0791. The number of aryl methyl sites for hydroxylation is 13. The van der Waals surface area contributed by atoms with Crippen molar-refractivity contribution >= 4 is 46.3 Å². The summed E-state index contributed by atoms with van der Waals surface area (Å²) in [6.45, 7) is 45.5. The Hall–Kier alpha value is -12.2. The maximum Gasteiger partial charge on any atom is 0.220 e. The Labute approximate surface area is 795 Å². The number of hydrogen-bond donors (Lipinski definition) is 4. The molecule has 0 saturated carbocycles. The van der Waals surface area contributed by atoms with E-state index in [2.05, 4.69) is 377 Å². The topological polar surface area (TPSA) is 142 Å². The van der Waals surface area contributed by atoms with E-state index in [0.717, 1.165) is 108 Å². The van der Waals surface area contributed by atoms with Crippen LogP contribution in [0.4, 0.5) is 0 Å². The van der Waals surface area contributed by atoms with Crippen LogP contribution >= 0.6 is 22.7 Å². The second-order valence-electron chi connectivity index (χ2n) is 36.7. The van der Waals surface area contributed by atoms with E-state index in [1.165, 1.54) is 189 Å². The number of amides is 4. The third-order valence-corrected chi connectivity index (χ3v) is 29.2. The van der Waals surface area contributed by atoms with Crippen LogP contribution < -0.4 is 21.3 Å². The van der Waals surface area contributed by atoms with E-state index in [9.17, 15) is 19.2 Å². The Morgan fingerprint density at radius 3 is 0.962 bits per heavy atom. The lowest BCUT2D eigenvalue weighted by Gasteiger charge is -2.16. The summed E-state index contributed by atoms with van der Waals surface area (Å²) >= 11 is 3.46. The molecule has 4 amide bonds. The normalized spacial score (nSPS) is 11.1. The fourth-order valence-electron chi connectivity index (χ4n) is 17.6. The summed E-state index contributed by atoms with van der Waals surface area (Å²) in [6.07, 6.45) is 10.9. The molecule has 0 bridgehead atoms. The predicted molar refractivity (Wildman–Crippen MR) is 558 cm³/mol. The van der Waals surface area contributed by atoms with Gasteiger partial charge < -0.3 is 21.3 Å². The van der Waals surface area contributed by atoms with Crippen molar-refractivity contribution in [1.82, 2.24) is 31.2 Å². The van der Waals surface area contributed by atoms with Crippen LogP contribution in [0.15, 0.2) is 217 Å². The van der Waals surface area contributed by atoms with Gasteiger partial charge in [-0.1, -0.05) is 208 Å². The lowest BCUT2D eigenvalue weighted by atomic mass is 9.90. The SMILES string of the molecule is Cc1cc(-c2nc(CCc3csc(-c4ccc(C)c(-c5cccc(C)c5C)c4)n3)cs2)ccc1-c1cccc(C)c1C.Cc1cc(CNC(=O)CCCCCCC(=O)NCc2ccc(C)c(-c3cccc(C)c3C)c2)ccc1-c1cccc(C)c1C.Cc1cccc(-c2cc(CNC(=O)CCCCCCC(=O)NCc3ccc(-c4cccc(C)c4C)c(C)c3C)cc(C)c2C)c1C. The molecule has 2 aromatic heterocycles. The molecule has 12 aromatic carbocycles. The van der Waals surface area contributed by atoms with Gasteiger partial charge in [-0.25, -0.2) is 9.97 Å². The third-order valence-electron chi connectivity index (χ3n) is 27.3. The monoisotopic (exact) mass is 1790 g/mol. The van der Waals surface area contributed by atoms with E-state index in [1.54, 1.807) is 22.7 Å². The van der Waals surface area contributed by atoms with Crippen LogP contribution in [-0.4, -0.2) is 33.6 Å². The van der Waals surface area contributed by atoms with Crippen molar-refractivity contribution in [2.24, 2.45) is 0 Å². The van der Waals surface area contributed by atoms with E-state index in [4.69, 9.17) is 9.97 Å². The molecule has 12 heteroatoms. The molecule has 0 radical (unpaired) electrons. The van der Waals surface area contributed by atoms with Gasteiger partial charge in [0.2, 0.25) is 23.6 Å². The van der Waals surface area contributed by atoms with Gasteiger partial charge in [0.05, 0.1) is 11.4 Å². The van der Waals surface area contributed by atoms with Gasteiger partial charge in [-0.05, 0) is 402 Å². The summed E-state index contributed by atoms with van der Waals surface area (Å²) in [5, 5.41) is 18.9. The second kappa shape index (κ2) is 46.7. The van der Waals surface area contributed by atoms with Gasteiger partial charge in [0, 0.05) is 73.7 Å². The zero-order chi connectivity index (χ0) is 94.4. The minimum absolute atomic E-state index is 0.0791. The van der Waals surface area contributed by atoms with Crippen LogP contribution in [0.1, 0.15) is 222 Å². The van der Waals surface area contributed by atoms with Crippen LogP contribution in [-0.2, 0) is 58.2 Å². The van der Waals surface area contributed by atoms with Gasteiger partial charge in [-0.3, -0.25) is 19.2 Å². The number of rotatable bonds is 33. The molecule has 4 N–H and O–H groups in total. The Morgan fingerprint density at radius 1 is 0.235 bits per heavy atom. The maximum absolute atomic E-state index is 12.6. The molecule has 0 spiro atoms. The van der Waals surface area contributed by atoms with Crippen molar-refractivity contribution in [3.05, 3.63) is 362 Å². The highest BCUT2D eigenvalue weighted by Crippen LogP contribution is 2.40. The van der Waals surface area contributed by atoms with E-state index < -0.39 is 0 Å². The van der Waals surface area contributed by atoms with Crippen molar-refractivity contribution in [3.63, 3.8) is 0 Å². The van der Waals surface area contributed by atoms with Crippen molar-refractivity contribution in [2.75, 3.05) is 0 Å². The molecule has 0 unspecified atom stereocenters. The van der Waals surface area contributed by atoms with Crippen LogP contribution in [0.3, 0.4) is 0 Å². The highest BCUT2D eigenvalue weighted by molar-refractivity contribution is 7.13. The highest BCUT2D eigenvalue weighted by atomic mass is 32.1. The first-order valence-electron chi connectivity index (χ1n) is 47.3. The van der Waals surface area contributed by atoms with Crippen LogP contribution in [0, 0.1) is 138 Å². The van der Waals surface area contributed by atoms with Gasteiger partial charge in [0.15, 0.2) is 0 Å². The number of thiazole rings is 2. The molecule has 132 heavy (non-hydrogen) atoms. The van der Waals surface area contributed by atoms with E-state index >= 15 is 0 Å². The zero-order valence-electron chi connectivity index (χ0n) is 81.9. The Bertz CT molecular complexity index is 6470. The predicted octanol–water partition coefficient (Wildman–Crippen LogP) is 29.8. The van der Waals surface area contributed by atoms with Gasteiger partial charge in [-0.15, -0.1) is 22.7 Å². The fourth-order valence-corrected chi connectivity index (χ4v) is 19.4. The molecule has 0 atom stereocenters. The van der Waals surface area contributed by atoms with Crippen LogP contribution in [0.2, 0.25) is 0 Å². The molecule has 0 saturated heterocycles. The molecule has 0 aliphatic carbocycles. The second-order valence-corrected chi connectivity index (χ2v) is 38.4. The molecule has 0 aliphatic rings. The number of aromatic nitrogens is 2. The number of carbonyl (C=O) groups excluding carboxylic acids is 4. The van der Waals surface area contributed by atoms with E-state index in [1.807, 2.05) is 0 Å². The largest absolute Gasteiger partial charge is 0.352 e. The van der Waals surface area contributed by atoms with Crippen LogP contribution in [0.25, 0.3) is 87.9 Å². The Kier molecular flexibility index (Phi) is 35.0. The van der Waals surface area contributed by atoms with Gasteiger partial charge in [0.1, 0.15) is 10.0 Å². The summed E-state index contributed by atoms with van der Waals surface area (Å²) in [4.78, 5) is 60.1. The number of carbonyl (C=O) groups is 4. The van der Waals surface area contributed by atoms with Crippen molar-refractivity contribution < 1.29 is 19.2 Å². The number of unbranched alkanes of at least 4 members (excludes halogenated alkanes) is 6. The molecule has 2 heterocycles. The average Bonchev–Trinajstić information content (AvgIpc) is 1.63. The Balaban J connectivity index is 0.000000179. The Morgan fingerprint density at radius 2 is 0.538 bits per heavy atom. The molecule has 0 aliphatic heterocycles. The van der Waals surface area contributed by atoms with Gasteiger partial charge in [0.25, 0.3) is 0 Å². The molecule has 0 fully saturated rings. The lowest BCUT2D eigenvalue weighted by Crippen LogP contribution is -2.23. The number of hydrogen-bond acceptors (Lipinski definition) is 8. The summed E-state index contributed by atoms with van der Waals surface area (Å²) < 4.78 is 0. The summed E-state index contributed by atoms with van der Waals surface area (Å²) in [5.41, 5.74) is 50.1. The third kappa shape index (κ3) is 25.7. The van der Waals surface area contributed by atoms with E-state index in [0.29, 0.717) is 51.9 Å². The molecular weight excluding hydrogens is 1650 g/mol. The fraction of sp³-hybridized carbons (Fsp3) is 0.317. The molecule has 14 aromatic rings. The molecule has 10 nitrogen and oxygen atoms in total.